The number of carbonyl (C=O) groups excluding carboxylic acids is 2. The molecule has 0 saturated heterocycles. The second-order valence-corrected chi connectivity index (χ2v) is 10.4. The first kappa shape index (κ1) is 33.8. The molecule has 0 aromatic heterocycles. The zero-order chi connectivity index (χ0) is 31.6. The molecule has 2 unspecified atom stereocenters. The number of ether oxygens (including phenoxy) is 4. The van der Waals surface area contributed by atoms with E-state index in [-0.39, 0.29) is 37.2 Å². The Morgan fingerprint density at radius 2 is 0.977 bits per heavy atom. The van der Waals surface area contributed by atoms with Gasteiger partial charge in [0.2, 0.25) is 0 Å². The lowest BCUT2D eigenvalue weighted by Gasteiger charge is -2.19. The highest BCUT2D eigenvalue weighted by molar-refractivity contribution is 5.82. The van der Waals surface area contributed by atoms with E-state index in [2.05, 4.69) is 13.8 Å². The zero-order valence-corrected chi connectivity index (χ0v) is 25.7. The molecule has 0 saturated carbocycles. The molecule has 0 spiro atoms. The van der Waals surface area contributed by atoms with Crippen LogP contribution in [0.1, 0.15) is 86.8 Å². The van der Waals surface area contributed by atoms with Gasteiger partial charge in [-0.25, -0.2) is 9.59 Å². The molecule has 0 fully saturated rings. The van der Waals surface area contributed by atoms with Gasteiger partial charge < -0.3 is 30.4 Å². The van der Waals surface area contributed by atoms with E-state index in [0.29, 0.717) is 0 Å². The highest BCUT2D eigenvalue weighted by Crippen LogP contribution is 2.26. The molecule has 44 heavy (non-hydrogen) atoms. The van der Waals surface area contributed by atoms with Crippen molar-refractivity contribution in [3.05, 3.63) is 131 Å². The van der Waals surface area contributed by atoms with Crippen molar-refractivity contribution in [2.75, 3.05) is 0 Å². The van der Waals surface area contributed by atoms with Crippen molar-refractivity contribution in [2.24, 2.45) is 11.5 Å². The fourth-order valence-electron chi connectivity index (χ4n) is 4.45. The maximum Gasteiger partial charge on any atom is 0.336 e. The molecule has 2 atom stereocenters. The number of carbonyl (C=O) groups is 2. The maximum atomic E-state index is 12.3. The summed E-state index contributed by atoms with van der Waals surface area (Å²) in [6.45, 7) is 4.33. The number of rotatable bonds is 18. The van der Waals surface area contributed by atoms with Crippen LogP contribution >= 0.6 is 0 Å². The van der Waals surface area contributed by atoms with E-state index in [1.54, 1.807) is 24.3 Å². The highest BCUT2D eigenvalue weighted by Gasteiger charge is 2.15. The van der Waals surface area contributed by atoms with Crippen LogP contribution < -0.4 is 11.5 Å². The van der Waals surface area contributed by atoms with E-state index in [9.17, 15) is 9.59 Å². The Balaban J connectivity index is 1.45. The summed E-state index contributed by atoms with van der Waals surface area (Å²) in [6.07, 6.45) is 7.41. The maximum absolute atomic E-state index is 12.3. The van der Waals surface area contributed by atoms with Crippen LogP contribution in [0.4, 0.5) is 0 Å². The van der Waals surface area contributed by atoms with E-state index in [1.165, 1.54) is 0 Å². The predicted molar refractivity (Wildman–Crippen MR) is 170 cm³/mol. The van der Waals surface area contributed by atoms with Crippen LogP contribution in [-0.4, -0.2) is 11.9 Å². The van der Waals surface area contributed by atoms with Gasteiger partial charge in [-0.05, 0) is 47.9 Å². The summed E-state index contributed by atoms with van der Waals surface area (Å²) in [5.41, 5.74) is 15.6. The van der Waals surface area contributed by atoms with Crippen molar-refractivity contribution in [1.29, 1.82) is 0 Å². The van der Waals surface area contributed by atoms with Gasteiger partial charge in [0.15, 0.2) is 11.8 Å². The summed E-state index contributed by atoms with van der Waals surface area (Å²) in [6, 6.07) is 26.8. The molecule has 0 heterocycles. The third kappa shape index (κ3) is 12.3. The average molecular weight is 601 g/mol. The molecule has 0 bridgehead atoms. The molecule has 8 nitrogen and oxygen atoms in total. The number of nitrogens with two attached hydrogens (primary N) is 2. The lowest BCUT2D eigenvalue weighted by molar-refractivity contribution is -0.140. The predicted octanol–water partition coefficient (Wildman–Crippen LogP) is 7.27. The highest BCUT2D eigenvalue weighted by atomic mass is 16.5. The van der Waals surface area contributed by atoms with Crippen LogP contribution in [0.3, 0.4) is 0 Å². The van der Waals surface area contributed by atoms with E-state index < -0.39 is 11.9 Å². The second-order valence-electron chi connectivity index (χ2n) is 10.4. The molecule has 3 aromatic rings. The molecule has 3 rings (SSSR count). The Kier molecular flexibility index (Phi) is 14.4. The molecule has 8 heteroatoms. The van der Waals surface area contributed by atoms with Crippen molar-refractivity contribution in [3.8, 4) is 0 Å². The van der Waals surface area contributed by atoms with Gasteiger partial charge in [0.25, 0.3) is 0 Å². The minimum atomic E-state index is -0.599. The van der Waals surface area contributed by atoms with Gasteiger partial charge in [0, 0.05) is 0 Å². The van der Waals surface area contributed by atoms with Gasteiger partial charge in [-0.15, -0.1) is 0 Å². The number of hydrogen-bond acceptors (Lipinski definition) is 8. The zero-order valence-electron chi connectivity index (χ0n) is 25.7. The van der Waals surface area contributed by atoms with Crippen molar-refractivity contribution < 1.29 is 28.5 Å². The molecule has 0 radical (unpaired) electrons. The third-order valence-electron chi connectivity index (χ3n) is 6.84. The minimum absolute atomic E-state index is 0.00810. The molecule has 0 aliphatic heterocycles. The summed E-state index contributed by atoms with van der Waals surface area (Å²) in [5.74, 6) is -1.18. The molecule has 4 N–H and O–H groups in total. The summed E-state index contributed by atoms with van der Waals surface area (Å²) < 4.78 is 22.4. The van der Waals surface area contributed by atoms with E-state index >= 15 is 0 Å². The third-order valence-corrected chi connectivity index (χ3v) is 6.84. The second kappa shape index (κ2) is 18.7. The van der Waals surface area contributed by atoms with Gasteiger partial charge in [-0.1, -0.05) is 112 Å². The number of benzene rings is 3. The molecule has 0 aliphatic rings. The Bertz CT molecular complexity index is 1240. The van der Waals surface area contributed by atoms with Crippen LogP contribution in [0.25, 0.3) is 0 Å². The van der Waals surface area contributed by atoms with E-state index in [0.717, 1.165) is 72.9 Å². The Hall–Kier alpha value is -4.72. The van der Waals surface area contributed by atoms with E-state index in [1.807, 2.05) is 60.7 Å². The van der Waals surface area contributed by atoms with Crippen molar-refractivity contribution in [1.82, 2.24) is 0 Å². The first-order valence-corrected chi connectivity index (χ1v) is 15.2. The standard InChI is InChI=1S/C36H44N2O6/c1-3-5-17-31(29-13-9-7-10-14-29)43-33(37)23-35(39)41-25-27-19-21-28(22-20-27)26-42-36(40)24-34(38)44-32(18-6-4-2)30-15-11-8-12-16-30/h7-16,19-24,31-32H,3-6,17-18,25-26,37-38H2,1-2H3. The van der Waals surface area contributed by atoms with Gasteiger partial charge in [0.1, 0.15) is 25.4 Å². The molecule has 234 valence electrons. The Morgan fingerprint density at radius 3 is 1.32 bits per heavy atom. The molecular weight excluding hydrogens is 556 g/mol. The smallest absolute Gasteiger partial charge is 0.336 e. The van der Waals surface area contributed by atoms with E-state index in [4.69, 9.17) is 30.4 Å². The molecule has 0 aliphatic carbocycles. The van der Waals surface area contributed by atoms with Crippen LogP contribution in [0.2, 0.25) is 0 Å². The number of unbranched alkanes of at least 4 members (excludes halogenated alkanes) is 2. The lowest BCUT2D eigenvalue weighted by atomic mass is 10.0. The Morgan fingerprint density at radius 1 is 0.614 bits per heavy atom. The summed E-state index contributed by atoms with van der Waals surface area (Å²) in [4.78, 5) is 24.7. The molecular formula is C36H44N2O6. The van der Waals surface area contributed by atoms with Gasteiger partial charge in [-0.2, -0.15) is 0 Å². The normalized spacial score (nSPS) is 13.0. The number of hydrogen-bond donors (Lipinski definition) is 2. The van der Waals surface area contributed by atoms with Crippen molar-refractivity contribution in [2.45, 2.75) is 77.8 Å². The summed E-state index contributed by atoms with van der Waals surface area (Å²) in [7, 11) is 0. The van der Waals surface area contributed by atoms with Crippen LogP contribution in [0, 0.1) is 0 Å². The van der Waals surface area contributed by atoms with Crippen molar-refractivity contribution in [3.63, 3.8) is 0 Å². The molecule has 0 amide bonds. The fourth-order valence-corrected chi connectivity index (χ4v) is 4.45. The SMILES string of the molecule is CCCCC(OC(N)=CC(=O)OCc1ccc(COC(=O)C=C(N)OC(CCCC)c2ccccc2)cc1)c1ccccc1. The van der Waals surface area contributed by atoms with Crippen LogP contribution in [-0.2, 0) is 41.8 Å². The number of esters is 2. The fraction of sp³-hybridized carbons (Fsp3) is 0.333. The topological polar surface area (TPSA) is 123 Å². The first-order chi connectivity index (χ1) is 21.4. The minimum Gasteiger partial charge on any atom is -0.471 e. The lowest BCUT2D eigenvalue weighted by Crippen LogP contribution is -2.13. The molecule has 3 aromatic carbocycles. The Labute approximate surface area is 260 Å². The van der Waals surface area contributed by atoms with Crippen molar-refractivity contribution >= 4 is 11.9 Å². The first-order valence-electron chi connectivity index (χ1n) is 15.2. The monoisotopic (exact) mass is 600 g/mol. The quantitative estimate of drug-likeness (QED) is 0.0888. The average Bonchev–Trinajstić information content (AvgIpc) is 3.04. The van der Waals surface area contributed by atoms with Gasteiger partial charge in [0.05, 0.1) is 12.2 Å². The van der Waals surface area contributed by atoms with Crippen LogP contribution in [0.15, 0.2) is 109 Å². The van der Waals surface area contributed by atoms with Gasteiger partial charge in [-0.3, -0.25) is 0 Å². The summed E-state index contributed by atoms with van der Waals surface area (Å²) >= 11 is 0. The van der Waals surface area contributed by atoms with Gasteiger partial charge >= 0.3 is 11.9 Å². The van der Waals surface area contributed by atoms with Crippen LogP contribution in [0.5, 0.6) is 0 Å². The summed E-state index contributed by atoms with van der Waals surface area (Å²) in [5, 5.41) is 0. The largest absolute Gasteiger partial charge is 0.471 e.